The summed E-state index contributed by atoms with van der Waals surface area (Å²) in [6.45, 7) is 2.75. The molecule has 0 unspecified atom stereocenters. The van der Waals surface area contributed by atoms with Gasteiger partial charge >= 0.3 is 0 Å². The van der Waals surface area contributed by atoms with Gasteiger partial charge in [-0.25, -0.2) is 4.98 Å². The lowest BCUT2D eigenvalue weighted by Gasteiger charge is -2.08. The molecule has 2 aromatic carbocycles. The number of benzene rings is 2. The third-order valence-corrected chi connectivity index (χ3v) is 7.24. The topological polar surface area (TPSA) is 120 Å². The van der Waals surface area contributed by atoms with Crippen LogP contribution in [-0.2, 0) is 22.7 Å². The van der Waals surface area contributed by atoms with E-state index in [0.29, 0.717) is 34.2 Å². The summed E-state index contributed by atoms with van der Waals surface area (Å²) >= 11 is 2.65. The fourth-order valence-electron chi connectivity index (χ4n) is 3.59. The number of ether oxygens (including phenoxy) is 2. The third kappa shape index (κ3) is 7.45. The number of methoxy groups -OCH3 is 2. The van der Waals surface area contributed by atoms with Crippen molar-refractivity contribution >= 4 is 46.1 Å². The fraction of sp³-hybridized carbons (Fsp3) is 0.222. The quantitative estimate of drug-likeness (QED) is 0.191. The number of carbonyl (C=O) groups is 2. The van der Waals surface area contributed by atoms with E-state index in [1.54, 1.807) is 32.4 Å². The molecule has 0 saturated carbocycles. The zero-order valence-corrected chi connectivity index (χ0v) is 23.3. The maximum atomic E-state index is 12.5. The normalized spacial score (nSPS) is 10.9. The van der Waals surface area contributed by atoms with Crippen molar-refractivity contribution in [1.82, 2.24) is 25.1 Å². The van der Waals surface area contributed by atoms with Gasteiger partial charge in [0.05, 0.1) is 32.2 Å². The van der Waals surface area contributed by atoms with Crippen molar-refractivity contribution in [2.45, 2.75) is 25.2 Å². The lowest BCUT2D eigenvalue weighted by atomic mass is 10.2. The Balaban J connectivity index is 1.28. The summed E-state index contributed by atoms with van der Waals surface area (Å²) in [5.41, 5.74) is 2.61. The number of amides is 2. The summed E-state index contributed by atoms with van der Waals surface area (Å²) in [7, 11) is 3.13. The Kier molecular flexibility index (Phi) is 9.70. The predicted molar refractivity (Wildman–Crippen MR) is 153 cm³/mol. The van der Waals surface area contributed by atoms with E-state index in [1.807, 2.05) is 53.3 Å². The van der Waals surface area contributed by atoms with Crippen molar-refractivity contribution < 1.29 is 19.1 Å². The Morgan fingerprint density at radius 3 is 2.62 bits per heavy atom. The average Bonchev–Trinajstić information content (AvgIpc) is 3.60. The van der Waals surface area contributed by atoms with Gasteiger partial charge < -0.3 is 24.7 Å². The molecule has 2 amide bonds. The second kappa shape index (κ2) is 13.6. The fourth-order valence-corrected chi connectivity index (χ4v) is 5.14. The van der Waals surface area contributed by atoms with E-state index in [4.69, 9.17) is 9.47 Å². The van der Waals surface area contributed by atoms with Crippen LogP contribution in [0.25, 0.3) is 17.3 Å². The summed E-state index contributed by atoms with van der Waals surface area (Å²) in [6, 6.07) is 15.2. The zero-order chi connectivity index (χ0) is 27.6. The molecule has 0 fully saturated rings. The Hall–Kier alpha value is -4.16. The first-order valence-electron chi connectivity index (χ1n) is 12.0. The number of rotatable bonds is 12. The molecule has 0 spiro atoms. The van der Waals surface area contributed by atoms with Crippen LogP contribution in [0.1, 0.15) is 18.3 Å². The summed E-state index contributed by atoms with van der Waals surface area (Å²) in [5, 5.41) is 17.1. The Labute approximate surface area is 234 Å². The van der Waals surface area contributed by atoms with E-state index in [2.05, 4.69) is 25.8 Å². The highest BCUT2D eigenvalue weighted by Crippen LogP contribution is 2.28. The van der Waals surface area contributed by atoms with Crippen LogP contribution >= 0.6 is 23.1 Å². The van der Waals surface area contributed by atoms with Gasteiger partial charge in [-0.15, -0.1) is 21.5 Å². The molecule has 2 N–H and O–H groups in total. The number of thioether (sulfide) groups is 1. The summed E-state index contributed by atoms with van der Waals surface area (Å²) in [4.78, 5) is 29.4. The average molecular weight is 565 g/mol. The highest BCUT2D eigenvalue weighted by molar-refractivity contribution is 7.99. The number of hydrogen-bond acceptors (Lipinski definition) is 9. The molecule has 2 heterocycles. The van der Waals surface area contributed by atoms with Crippen LogP contribution in [0.15, 0.2) is 65.1 Å². The van der Waals surface area contributed by atoms with Gasteiger partial charge in [0.1, 0.15) is 0 Å². The van der Waals surface area contributed by atoms with E-state index in [0.717, 1.165) is 16.8 Å². The second-order valence-electron chi connectivity index (χ2n) is 8.05. The molecule has 0 saturated heterocycles. The molecule has 12 heteroatoms. The van der Waals surface area contributed by atoms with E-state index in [1.165, 1.54) is 29.2 Å². The maximum absolute atomic E-state index is 12.5. The minimum Gasteiger partial charge on any atom is -0.493 e. The molecule has 10 nitrogen and oxygen atoms in total. The minimum atomic E-state index is -0.276. The zero-order valence-electron chi connectivity index (χ0n) is 21.7. The van der Waals surface area contributed by atoms with Crippen molar-refractivity contribution in [2.24, 2.45) is 0 Å². The number of anilines is 1. The van der Waals surface area contributed by atoms with Gasteiger partial charge in [0.25, 0.3) is 0 Å². The number of carbonyl (C=O) groups excluding carboxylic acids is 2. The largest absolute Gasteiger partial charge is 0.493 e. The van der Waals surface area contributed by atoms with Crippen LogP contribution in [0.4, 0.5) is 5.13 Å². The van der Waals surface area contributed by atoms with Crippen molar-refractivity contribution in [3.63, 3.8) is 0 Å². The van der Waals surface area contributed by atoms with E-state index in [-0.39, 0.29) is 24.1 Å². The van der Waals surface area contributed by atoms with Crippen molar-refractivity contribution in [1.29, 1.82) is 0 Å². The molecule has 0 radical (unpaired) electrons. The van der Waals surface area contributed by atoms with Crippen LogP contribution < -0.4 is 20.1 Å². The summed E-state index contributed by atoms with van der Waals surface area (Å²) in [5.74, 6) is 1.49. The van der Waals surface area contributed by atoms with Crippen molar-refractivity contribution in [3.05, 3.63) is 71.4 Å². The van der Waals surface area contributed by atoms with Gasteiger partial charge in [0.2, 0.25) is 11.8 Å². The first kappa shape index (κ1) is 27.9. The highest BCUT2D eigenvalue weighted by Gasteiger charge is 2.15. The van der Waals surface area contributed by atoms with Gasteiger partial charge in [-0.3, -0.25) is 9.59 Å². The van der Waals surface area contributed by atoms with E-state index < -0.39 is 0 Å². The van der Waals surface area contributed by atoms with Crippen LogP contribution in [-0.4, -0.2) is 51.5 Å². The molecule has 39 heavy (non-hydrogen) atoms. The lowest BCUT2D eigenvalue weighted by Crippen LogP contribution is -2.22. The summed E-state index contributed by atoms with van der Waals surface area (Å²) in [6.07, 6.45) is 3.13. The number of hydrogen-bond donors (Lipinski definition) is 2. The Bertz CT molecular complexity index is 1450. The molecule has 0 bridgehead atoms. The predicted octanol–water partition coefficient (Wildman–Crippen LogP) is 4.50. The van der Waals surface area contributed by atoms with Gasteiger partial charge in [-0.1, -0.05) is 48.2 Å². The minimum absolute atomic E-state index is 0.152. The molecule has 0 atom stereocenters. The highest BCUT2D eigenvalue weighted by atomic mass is 32.2. The Morgan fingerprint density at radius 2 is 1.87 bits per heavy atom. The van der Waals surface area contributed by atoms with Gasteiger partial charge in [-0.05, 0) is 30.7 Å². The molecule has 0 aliphatic heterocycles. The summed E-state index contributed by atoms with van der Waals surface area (Å²) < 4.78 is 12.4. The molecule has 4 aromatic rings. The molecular weight excluding hydrogens is 536 g/mol. The Morgan fingerprint density at radius 1 is 1.08 bits per heavy atom. The SMILES string of the molecule is CCn1c(CNC(=O)C=Cc2ccc(OC)c(OC)c2)nnc1SCC(=O)Nc1nc(-c2ccccc2)cs1. The van der Waals surface area contributed by atoms with Crippen LogP contribution in [0.3, 0.4) is 0 Å². The molecule has 0 aliphatic carbocycles. The standard InChI is InChI=1S/C27H28N6O4S2/c1-4-33-23(15-28-24(34)13-11-18-10-12-21(36-2)22(14-18)37-3)31-32-27(33)39-17-25(35)30-26-29-20(16-38-26)19-8-6-5-7-9-19/h5-14,16H,4,15,17H2,1-3H3,(H,28,34)(H,29,30,35). The smallest absolute Gasteiger partial charge is 0.244 e. The molecular formula is C27H28N6O4S2. The third-order valence-electron chi connectivity index (χ3n) is 5.52. The van der Waals surface area contributed by atoms with Gasteiger partial charge in [0, 0.05) is 23.6 Å². The lowest BCUT2D eigenvalue weighted by molar-refractivity contribution is -0.116. The van der Waals surface area contributed by atoms with Crippen molar-refractivity contribution in [3.8, 4) is 22.8 Å². The van der Waals surface area contributed by atoms with Crippen LogP contribution in [0, 0.1) is 0 Å². The van der Waals surface area contributed by atoms with E-state index >= 15 is 0 Å². The molecule has 202 valence electrons. The second-order valence-corrected chi connectivity index (χ2v) is 9.85. The monoisotopic (exact) mass is 564 g/mol. The molecule has 0 aliphatic rings. The van der Waals surface area contributed by atoms with Gasteiger partial charge in [0.15, 0.2) is 27.6 Å². The first-order valence-corrected chi connectivity index (χ1v) is 13.9. The van der Waals surface area contributed by atoms with Crippen LogP contribution in [0.2, 0.25) is 0 Å². The number of nitrogens with zero attached hydrogens (tertiary/aromatic N) is 4. The maximum Gasteiger partial charge on any atom is 0.244 e. The number of thiazole rings is 1. The number of nitrogens with one attached hydrogen (secondary N) is 2. The van der Waals surface area contributed by atoms with Crippen molar-refractivity contribution in [2.75, 3.05) is 25.3 Å². The van der Waals surface area contributed by atoms with Crippen LogP contribution in [0.5, 0.6) is 11.5 Å². The molecule has 2 aromatic heterocycles. The van der Waals surface area contributed by atoms with Gasteiger partial charge in [-0.2, -0.15) is 0 Å². The number of aromatic nitrogens is 4. The van der Waals surface area contributed by atoms with E-state index in [9.17, 15) is 9.59 Å². The first-order chi connectivity index (χ1) is 19.0. The molecule has 4 rings (SSSR count).